The number of aromatic nitrogens is 3. The summed E-state index contributed by atoms with van der Waals surface area (Å²) in [6.07, 6.45) is -1.35. The quantitative estimate of drug-likeness (QED) is 0.760. The van der Waals surface area contributed by atoms with E-state index in [9.17, 15) is 18.0 Å². The molecule has 5 nitrogen and oxygen atoms in total. The van der Waals surface area contributed by atoms with E-state index < -0.39 is 11.9 Å². The summed E-state index contributed by atoms with van der Waals surface area (Å²) in [5, 5.41) is 7.14. The monoisotopic (exact) mass is 372 g/mol. The number of carbonyl (C=O) groups excluding carboxylic acids is 1. The van der Waals surface area contributed by atoms with E-state index in [4.69, 9.17) is 0 Å². The van der Waals surface area contributed by atoms with Crippen molar-refractivity contribution in [1.29, 1.82) is 0 Å². The lowest BCUT2D eigenvalue weighted by Crippen LogP contribution is -2.23. The van der Waals surface area contributed by atoms with E-state index in [-0.39, 0.29) is 18.2 Å². The molecule has 4 rings (SSSR count). The fourth-order valence-corrected chi connectivity index (χ4v) is 3.20. The lowest BCUT2D eigenvalue weighted by atomic mass is 9.88. The molecule has 1 atom stereocenters. The SMILES string of the molecule is O=C1C[C@H](c2ccc(C(F)(F)F)nc2)c2cn(Cc3ccccc3)nc2N1. The van der Waals surface area contributed by atoms with Gasteiger partial charge in [0.25, 0.3) is 0 Å². The highest BCUT2D eigenvalue weighted by Crippen LogP contribution is 2.37. The summed E-state index contributed by atoms with van der Waals surface area (Å²) in [6, 6.07) is 12.0. The van der Waals surface area contributed by atoms with Crippen molar-refractivity contribution in [2.75, 3.05) is 5.32 Å². The van der Waals surface area contributed by atoms with Crippen LogP contribution in [0, 0.1) is 0 Å². The number of pyridine rings is 1. The van der Waals surface area contributed by atoms with Crippen molar-refractivity contribution < 1.29 is 18.0 Å². The third-order valence-electron chi connectivity index (χ3n) is 4.48. The van der Waals surface area contributed by atoms with E-state index in [1.165, 1.54) is 12.3 Å². The minimum atomic E-state index is -4.49. The molecule has 1 N–H and O–H groups in total. The molecule has 1 aromatic carbocycles. The van der Waals surface area contributed by atoms with Crippen LogP contribution in [0.5, 0.6) is 0 Å². The molecule has 2 aromatic heterocycles. The lowest BCUT2D eigenvalue weighted by molar-refractivity contribution is -0.141. The van der Waals surface area contributed by atoms with E-state index in [0.29, 0.717) is 17.9 Å². The van der Waals surface area contributed by atoms with Crippen LogP contribution in [-0.4, -0.2) is 20.7 Å². The number of anilines is 1. The van der Waals surface area contributed by atoms with Crippen LogP contribution in [0.25, 0.3) is 0 Å². The Hall–Kier alpha value is -3.16. The number of amides is 1. The van der Waals surface area contributed by atoms with Crippen molar-refractivity contribution in [3.05, 3.63) is 77.2 Å². The number of nitrogens with one attached hydrogen (secondary N) is 1. The van der Waals surface area contributed by atoms with Gasteiger partial charge < -0.3 is 5.32 Å². The zero-order valence-electron chi connectivity index (χ0n) is 14.1. The molecule has 27 heavy (non-hydrogen) atoms. The van der Waals surface area contributed by atoms with Crippen LogP contribution < -0.4 is 5.32 Å². The molecule has 1 aliphatic heterocycles. The maximum absolute atomic E-state index is 12.7. The number of hydrogen-bond acceptors (Lipinski definition) is 3. The van der Waals surface area contributed by atoms with Crippen LogP contribution in [0.2, 0.25) is 0 Å². The molecule has 3 heterocycles. The minimum Gasteiger partial charge on any atom is -0.309 e. The molecule has 0 saturated heterocycles. The molecule has 0 saturated carbocycles. The van der Waals surface area contributed by atoms with Crippen molar-refractivity contribution in [2.45, 2.75) is 25.1 Å². The summed E-state index contributed by atoms with van der Waals surface area (Å²) in [5.74, 6) is -0.169. The van der Waals surface area contributed by atoms with Crippen molar-refractivity contribution in [3.8, 4) is 0 Å². The number of hydrogen-bond donors (Lipinski definition) is 1. The predicted octanol–water partition coefficient (Wildman–Crippen LogP) is 3.82. The summed E-state index contributed by atoms with van der Waals surface area (Å²) >= 11 is 0. The van der Waals surface area contributed by atoms with Gasteiger partial charge in [0.2, 0.25) is 5.91 Å². The average Bonchev–Trinajstić information content (AvgIpc) is 3.03. The van der Waals surface area contributed by atoms with Crippen LogP contribution in [0.4, 0.5) is 19.0 Å². The maximum atomic E-state index is 12.7. The Morgan fingerprint density at radius 1 is 1.15 bits per heavy atom. The fraction of sp³-hybridized carbons (Fsp3) is 0.211. The molecule has 1 aliphatic rings. The Morgan fingerprint density at radius 3 is 2.59 bits per heavy atom. The van der Waals surface area contributed by atoms with Crippen LogP contribution in [0.1, 0.15) is 34.7 Å². The minimum absolute atomic E-state index is 0.136. The first kappa shape index (κ1) is 17.3. The van der Waals surface area contributed by atoms with Gasteiger partial charge in [0.15, 0.2) is 5.82 Å². The largest absolute Gasteiger partial charge is 0.433 e. The van der Waals surface area contributed by atoms with Crippen LogP contribution in [0.15, 0.2) is 54.9 Å². The molecule has 1 amide bonds. The standard InChI is InChI=1S/C19H15F3N4O/c20-19(21,22)16-7-6-13(9-23-16)14-8-17(27)24-18-15(14)11-26(25-18)10-12-4-2-1-3-5-12/h1-7,9,11,14H,8,10H2,(H,24,25,27)/t14-/m1/s1. The molecular weight excluding hydrogens is 357 g/mol. The Balaban J connectivity index is 1.65. The Labute approximate surface area is 152 Å². The predicted molar refractivity (Wildman–Crippen MR) is 92.1 cm³/mol. The molecule has 138 valence electrons. The third-order valence-corrected chi connectivity index (χ3v) is 4.48. The van der Waals surface area contributed by atoms with Crippen molar-refractivity contribution in [1.82, 2.24) is 14.8 Å². The van der Waals surface area contributed by atoms with Gasteiger partial charge in [-0.15, -0.1) is 0 Å². The summed E-state index contributed by atoms with van der Waals surface area (Å²) in [7, 11) is 0. The highest BCUT2D eigenvalue weighted by molar-refractivity contribution is 5.94. The number of carbonyl (C=O) groups is 1. The second-order valence-electron chi connectivity index (χ2n) is 6.40. The summed E-state index contributed by atoms with van der Waals surface area (Å²) in [6.45, 7) is 0.529. The summed E-state index contributed by atoms with van der Waals surface area (Å²) in [5.41, 5.74) is 1.42. The van der Waals surface area contributed by atoms with Gasteiger partial charge in [-0.1, -0.05) is 36.4 Å². The zero-order chi connectivity index (χ0) is 19.0. The molecule has 0 spiro atoms. The molecule has 0 radical (unpaired) electrons. The first-order valence-electron chi connectivity index (χ1n) is 8.34. The van der Waals surface area contributed by atoms with Crippen molar-refractivity contribution >= 4 is 11.7 Å². The number of rotatable bonds is 3. The van der Waals surface area contributed by atoms with Gasteiger partial charge in [-0.2, -0.15) is 18.3 Å². The zero-order valence-corrected chi connectivity index (χ0v) is 14.1. The highest BCUT2D eigenvalue weighted by atomic mass is 19.4. The van der Waals surface area contributed by atoms with Crippen molar-refractivity contribution in [2.24, 2.45) is 0 Å². The number of fused-ring (bicyclic) bond motifs is 1. The van der Waals surface area contributed by atoms with E-state index in [2.05, 4.69) is 15.4 Å². The van der Waals surface area contributed by atoms with Gasteiger partial charge in [0, 0.05) is 30.3 Å². The number of nitrogens with zero attached hydrogens (tertiary/aromatic N) is 3. The highest BCUT2D eigenvalue weighted by Gasteiger charge is 2.34. The van der Waals surface area contributed by atoms with Crippen LogP contribution >= 0.6 is 0 Å². The second kappa shape index (κ2) is 6.53. The van der Waals surface area contributed by atoms with E-state index in [1.807, 2.05) is 36.5 Å². The molecule has 8 heteroatoms. The molecule has 0 bridgehead atoms. The van der Waals surface area contributed by atoms with Gasteiger partial charge in [0.05, 0.1) is 6.54 Å². The first-order valence-corrected chi connectivity index (χ1v) is 8.34. The van der Waals surface area contributed by atoms with Crippen LogP contribution in [-0.2, 0) is 17.5 Å². The lowest BCUT2D eigenvalue weighted by Gasteiger charge is -2.21. The summed E-state index contributed by atoms with van der Waals surface area (Å²) < 4.78 is 39.9. The van der Waals surface area contributed by atoms with E-state index in [1.54, 1.807) is 4.68 Å². The maximum Gasteiger partial charge on any atom is 0.433 e. The number of halogens is 3. The van der Waals surface area contributed by atoms with E-state index in [0.717, 1.165) is 17.2 Å². The Bertz CT molecular complexity index is 965. The molecule has 0 unspecified atom stereocenters. The molecule has 3 aromatic rings. The third kappa shape index (κ3) is 3.55. The summed E-state index contributed by atoms with van der Waals surface area (Å²) in [4.78, 5) is 15.6. The normalized spacial score (nSPS) is 16.7. The molecule has 0 aliphatic carbocycles. The number of benzene rings is 1. The molecule has 0 fully saturated rings. The Morgan fingerprint density at radius 2 is 1.93 bits per heavy atom. The van der Waals surface area contributed by atoms with Gasteiger partial charge >= 0.3 is 6.18 Å². The van der Waals surface area contributed by atoms with Gasteiger partial charge in [0.1, 0.15) is 5.69 Å². The Kier molecular flexibility index (Phi) is 4.18. The van der Waals surface area contributed by atoms with Crippen molar-refractivity contribution in [3.63, 3.8) is 0 Å². The average molecular weight is 372 g/mol. The number of alkyl halides is 3. The van der Waals surface area contributed by atoms with Gasteiger partial charge in [-0.25, -0.2) is 0 Å². The second-order valence-corrected chi connectivity index (χ2v) is 6.40. The molecular formula is C19H15F3N4O. The first-order chi connectivity index (χ1) is 12.9. The van der Waals surface area contributed by atoms with Gasteiger partial charge in [-0.3, -0.25) is 14.5 Å². The smallest absolute Gasteiger partial charge is 0.309 e. The van der Waals surface area contributed by atoms with Gasteiger partial charge in [-0.05, 0) is 17.2 Å². The topological polar surface area (TPSA) is 59.8 Å². The van der Waals surface area contributed by atoms with Crippen LogP contribution in [0.3, 0.4) is 0 Å². The fourth-order valence-electron chi connectivity index (χ4n) is 3.20. The van der Waals surface area contributed by atoms with E-state index >= 15 is 0 Å².